The highest BCUT2D eigenvalue weighted by atomic mass is 79.9. The highest BCUT2D eigenvalue weighted by Crippen LogP contribution is 2.28. The molecule has 1 aromatic rings. The third kappa shape index (κ3) is 6.25. The standard InChI is InChI=1S/C16H27BrN2O/c1-16(2,3)12-19(4)15-7-6-13(10-14(15)17)11-18-8-9-20-5/h6-7,10,18H,8-9,11-12H2,1-5H3. The smallest absolute Gasteiger partial charge is 0.0587 e. The molecule has 1 aromatic carbocycles. The summed E-state index contributed by atoms with van der Waals surface area (Å²) in [5.74, 6) is 0. The van der Waals surface area contributed by atoms with Gasteiger partial charge in [-0.05, 0) is 39.0 Å². The molecule has 114 valence electrons. The van der Waals surface area contributed by atoms with Gasteiger partial charge in [0.15, 0.2) is 0 Å². The molecular formula is C16H27BrN2O. The van der Waals surface area contributed by atoms with E-state index in [0.717, 1.165) is 30.7 Å². The third-order valence-corrected chi connectivity index (χ3v) is 3.58. The van der Waals surface area contributed by atoms with Crippen molar-refractivity contribution < 1.29 is 4.74 Å². The van der Waals surface area contributed by atoms with Gasteiger partial charge in [-0.2, -0.15) is 0 Å². The van der Waals surface area contributed by atoms with Crippen LogP contribution in [-0.4, -0.2) is 33.9 Å². The van der Waals surface area contributed by atoms with Gasteiger partial charge in [-0.15, -0.1) is 0 Å². The number of anilines is 1. The van der Waals surface area contributed by atoms with E-state index in [9.17, 15) is 0 Å². The molecule has 0 atom stereocenters. The maximum absolute atomic E-state index is 5.02. The van der Waals surface area contributed by atoms with E-state index in [1.165, 1.54) is 11.3 Å². The molecule has 0 amide bonds. The number of nitrogens with zero attached hydrogens (tertiary/aromatic N) is 1. The largest absolute Gasteiger partial charge is 0.383 e. The predicted molar refractivity (Wildman–Crippen MR) is 90.4 cm³/mol. The van der Waals surface area contributed by atoms with Gasteiger partial charge in [0.25, 0.3) is 0 Å². The van der Waals surface area contributed by atoms with Gasteiger partial charge in [0.1, 0.15) is 0 Å². The molecule has 0 spiro atoms. The number of halogens is 1. The first-order valence-electron chi connectivity index (χ1n) is 7.03. The summed E-state index contributed by atoms with van der Waals surface area (Å²) in [7, 11) is 3.86. The van der Waals surface area contributed by atoms with Gasteiger partial charge in [0.05, 0.1) is 12.3 Å². The van der Waals surface area contributed by atoms with Gasteiger partial charge in [0.2, 0.25) is 0 Å². The van der Waals surface area contributed by atoms with Crippen LogP contribution in [0.2, 0.25) is 0 Å². The van der Waals surface area contributed by atoms with Crippen molar-refractivity contribution >= 4 is 21.6 Å². The lowest BCUT2D eigenvalue weighted by atomic mass is 9.96. The van der Waals surface area contributed by atoms with Gasteiger partial charge in [-0.1, -0.05) is 26.8 Å². The minimum atomic E-state index is 0.286. The van der Waals surface area contributed by atoms with Crippen LogP contribution in [0.3, 0.4) is 0 Å². The lowest BCUT2D eigenvalue weighted by Crippen LogP contribution is -2.29. The maximum Gasteiger partial charge on any atom is 0.0587 e. The van der Waals surface area contributed by atoms with Crippen LogP contribution in [0.25, 0.3) is 0 Å². The highest BCUT2D eigenvalue weighted by molar-refractivity contribution is 9.10. The zero-order chi connectivity index (χ0) is 15.2. The lowest BCUT2D eigenvalue weighted by molar-refractivity contribution is 0.199. The maximum atomic E-state index is 5.02. The Labute approximate surface area is 131 Å². The Morgan fingerprint density at radius 1 is 1.30 bits per heavy atom. The van der Waals surface area contributed by atoms with Crippen LogP contribution < -0.4 is 10.2 Å². The minimum absolute atomic E-state index is 0.286. The number of rotatable bonds is 7. The fraction of sp³-hybridized carbons (Fsp3) is 0.625. The fourth-order valence-corrected chi connectivity index (χ4v) is 2.90. The van der Waals surface area contributed by atoms with E-state index in [4.69, 9.17) is 4.74 Å². The molecule has 0 aliphatic rings. The lowest BCUT2D eigenvalue weighted by Gasteiger charge is -2.29. The summed E-state index contributed by atoms with van der Waals surface area (Å²) in [4.78, 5) is 2.30. The number of nitrogens with one attached hydrogen (secondary N) is 1. The van der Waals surface area contributed by atoms with Crippen LogP contribution in [-0.2, 0) is 11.3 Å². The first-order valence-corrected chi connectivity index (χ1v) is 7.82. The second-order valence-electron chi connectivity index (χ2n) is 6.37. The molecule has 0 saturated heterocycles. The molecule has 3 nitrogen and oxygen atoms in total. The summed E-state index contributed by atoms with van der Waals surface area (Å²) in [5, 5.41) is 3.36. The zero-order valence-corrected chi connectivity index (χ0v) is 14.9. The fourth-order valence-electron chi connectivity index (χ4n) is 2.17. The Morgan fingerprint density at radius 3 is 2.55 bits per heavy atom. The van der Waals surface area contributed by atoms with Crippen LogP contribution in [0.1, 0.15) is 26.3 Å². The van der Waals surface area contributed by atoms with Gasteiger partial charge in [-0.25, -0.2) is 0 Å². The van der Waals surface area contributed by atoms with E-state index in [2.05, 4.69) is 72.2 Å². The van der Waals surface area contributed by atoms with Crippen molar-refractivity contribution in [3.05, 3.63) is 28.2 Å². The van der Waals surface area contributed by atoms with Crippen LogP contribution in [0.4, 0.5) is 5.69 Å². The summed E-state index contributed by atoms with van der Waals surface area (Å²) < 4.78 is 6.17. The number of ether oxygens (including phenoxy) is 1. The van der Waals surface area contributed by atoms with Crippen LogP contribution >= 0.6 is 15.9 Å². The molecule has 1 rings (SSSR count). The Kier molecular flexibility index (Phi) is 7.00. The summed E-state index contributed by atoms with van der Waals surface area (Å²) in [6.45, 7) is 10.3. The Morgan fingerprint density at radius 2 is 2.00 bits per heavy atom. The average Bonchev–Trinajstić information content (AvgIpc) is 2.32. The topological polar surface area (TPSA) is 24.5 Å². The molecule has 0 saturated carbocycles. The second-order valence-corrected chi connectivity index (χ2v) is 7.23. The van der Waals surface area contributed by atoms with Crippen molar-refractivity contribution in [1.29, 1.82) is 0 Å². The molecule has 0 heterocycles. The molecule has 0 aliphatic heterocycles. The van der Waals surface area contributed by atoms with Crippen molar-refractivity contribution in [1.82, 2.24) is 5.32 Å². The summed E-state index contributed by atoms with van der Waals surface area (Å²) in [5.41, 5.74) is 2.80. The quantitative estimate of drug-likeness (QED) is 0.765. The Balaban J connectivity index is 2.63. The summed E-state index contributed by atoms with van der Waals surface area (Å²) >= 11 is 3.68. The first kappa shape index (κ1) is 17.5. The highest BCUT2D eigenvalue weighted by Gasteiger charge is 2.15. The predicted octanol–water partition coefficient (Wildman–Crippen LogP) is 3.67. The normalized spacial score (nSPS) is 11.7. The van der Waals surface area contributed by atoms with E-state index in [-0.39, 0.29) is 5.41 Å². The first-order chi connectivity index (χ1) is 9.33. The SMILES string of the molecule is COCCNCc1ccc(N(C)CC(C)(C)C)c(Br)c1. The van der Waals surface area contributed by atoms with Crippen molar-refractivity contribution in [3.63, 3.8) is 0 Å². The molecule has 0 fully saturated rings. The number of hydrogen-bond donors (Lipinski definition) is 1. The molecule has 4 heteroatoms. The molecular weight excluding hydrogens is 316 g/mol. The van der Waals surface area contributed by atoms with Gasteiger partial charge >= 0.3 is 0 Å². The van der Waals surface area contributed by atoms with Gasteiger partial charge < -0.3 is 15.0 Å². The van der Waals surface area contributed by atoms with Gasteiger partial charge in [-0.3, -0.25) is 0 Å². The van der Waals surface area contributed by atoms with Crippen LogP contribution in [0.5, 0.6) is 0 Å². The third-order valence-electron chi connectivity index (χ3n) is 2.95. The molecule has 1 N–H and O–H groups in total. The number of benzene rings is 1. The molecule has 0 bridgehead atoms. The van der Waals surface area contributed by atoms with Crippen LogP contribution in [0, 0.1) is 5.41 Å². The van der Waals surface area contributed by atoms with Gasteiger partial charge in [0, 0.05) is 38.3 Å². The summed E-state index contributed by atoms with van der Waals surface area (Å²) in [6.07, 6.45) is 0. The van der Waals surface area contributed by atoms with Crippen molar-refractivity contribution in [2.75, 3.05) is 38.8 Å². The Bertz CT molecular complexity index is 415. The second kappa shape index (κ2) is 8.01. The van der Waals surface area contributed by atoms with E-state index >= 15 is 0 Å². The zero-order valence-electron chi connectivity index (χ0n) is 13.3. The number of methoxy groups -OCH3 is 1. The van der Waals surface area contributed by atoms with E-state index in [1.54, 1.807) is 7.11 Å². The van der Waals surface area contributed by atoms with Crippen molar-refractivity contribution in [3.8, 4) is 0 Å². The van der Waals surface area contributed by atoms with E-state index in [1.807, 2.05) is 0 Å². The summed E-state index contributed by atoms with van der Waals surface area (Å²) in [6, 6.07) is 6.55. The number of hydrogen-bond acceptors (Lipinski definition) is 3. The molecule has 0 aliphatic carbocycles. The molecule has 0 radical (unpaired) electrons. The van der Waals surface area contributed by atoms with E-state index < -0.39 is 0 Å². The van der Waals surface area contributed by atoms with Crippen molar-refractivity contribution in [2.24, 2.45) is 5.41 Å². The Hall–Kier alpha value is -0.580. The van der Waals surface area contributed by atoms with Crippen molar-refractivity contribution in [2.45, 2.75) is 27.3 Å². The van der Waals surface area contributed by atoms with Crippen LogP contribution in [0.15, 0.2) is 22.7 Å². The minimum Gasteiger partial charge on any atom is -0.383 e. The molecule has 0 aromatic heterocycles. The average molecular weight is 343 g/mol. The molecule has 0 unspecified atom stereocenters. The monoisotopic (exact) mass is 342 g/mol. The molecule has 20 heavy (non-hydrogen) atoms. The van der Waals surface area contributed by atoms with E-state index in [0.29, 0.717) is 0 Å².